The number of alkyl halides is 3. The van der Waals surface area contributed by atoms with E-state index >= 15 is 0 Å². The fourth-order valence-corrected chi connectivity index (χ4v) is 3.03. The van der Waals surface area contributed by atoms with Gasteiger partial charge in [0, 0.05) is 31.7 Å². The molecule has 2 fully saturated rings. The van der Waals surface area contributed by atoms with Gasteiger partial charge in [-0.1, -0.05) is 6.07 Å². The molecule has 1 aromatic carbocycles. The molecule has 1 N–H and O–H groups in total. The van der Waals surface area contributed by atoms with Crippen LogP contribution in [0.1, 0.15) is 10.4 Å². The molecule has 122 valence electrons. The van der Waals surface area contributed by atoms with E-state index < -0.39 is 6.36 Å². The molecule has 2 aliphatic rings. The number of likely N-dealkylation sites (tertiary alicyclic amines) is 1. The molecule has 4 nitrogen and oxygen atoms in total. The Morgan fingerprint density at radius 3 is 2.45 bits per heavy atom. The van der Waals surface area contributed by atoms with Crippen molar-refractivity contribution in [2.24, 2.45) is 11.8 Å². The molecule has 2 aliphatic heterocycles. The van der Waals surface area contributed by atoms with Gasteiger partial charge in [-0.15, -0.1) is 25.6 Å². The van der Waals surface area contributed by atoms with Gasteiger partial charge < -0.3 is 15.0 Å². The minimum Gasteiger partial charge on any atom is -0.406 e. The fourth-order valence-electron chi connectivity index (χ4n) is 3.03. The highest BCUT2D eigenvalue weighted by Crippen LogP contribution is 2.29. The monoisotopic (exact) mass is 336 g/mol. The molecule has 0 spiro atoms. The number of halogens is 4. The van der Waals surface area contributed by atoms with E-state index in [1.807, 2.05) is 0 Å². The van der Waals surface area contributed by atoms with Gasteiger partial charge in [-0.3, -0.25) is 4.79 Å². The largest absolute Gasteiger partial charge is 0.573 e. The molecule has 0 radical (unpaired) electrons. The molecule has 0 aliphatic carbocycles. The summed E-state index contributed by atoms with van der Waals surface area (Å²) in [7, 11) is 0. The molecule has 1 aromatic rings. The topological polar surface area (TPSA) is 41.6 Å². The Balaban J connectivity index is 0.00000176. The van der Waals surface area contributed by atoms with Gasteiger partial charge in [-0.05, 0) is 30.0 Å². The van der Waals surface area contributed by atoms with Crippen molar-refractivity contribution in [1.82, 2.24) is 10.2 Å². The van der Waals surface area contributed by atoms with Gasteiger partial charge in [-0.2, -0.15) is 0 Å². The number of fused-ring (bicyclic) bond motifs is 1. The first-order valence-electron chi connectivity index (χ1n) is 6.78. The summed E-state index contributed by atoms with van der Waals surface area (Å²) in [5.41, 5.74) is 0.227. The third-order valence-electron chi connectivity index (χ3n) is 3.99. The van der Waals surface area contributed by atoms with Gasteiger partial charge in [0.05, 0.1) is 0 Å². The van der Waals surface area contributed by atoms with Crippen molar-refractivity contribution in [1.29, 1.82) is 0 Å². The van der Waals surface area contributed by atoms with E-state index in [9.17, 15) is 18.0 Å². The van der Waals surface area contributed by atoms with Gasteiger partial charge in [0.25, 0.3) is 5.91 Å². The first kappa shape index (κ1) is 16.9. The lowest BCUT2D eigenvalue weighted by Crippen LogP contribution is -2.31. The SMILES string of the molecule is Cl.O=C(c1cccc(OC(F)(F)F)c1)N1C[C@H]2CNC[C@H]2C1. The molecule has 3 rings (SSSR count). The van der Waals surface area contributed by atoms with Gasteiger partial charge in [0.1, 0.15) is 5.75 Å². The van der Waals surface area contributed by atoms with Crippen molar-refractivity contribution in [2.75, 3.05) is 26.2 Å². The number of nitrogens with zero attached hydrogens (tertiary/aromatic N) is 1. The van der Waals surface area contributed by atoms with Gasteiger partial charge >= 0.3 is 6.36 Å². The Morgan fingerprint density at radius 2 is 1.86 bits per heavy atom. The molecule has 0 aromatic heterocycles. The maximum Gasteiger partial charge on any atom is 0.573 e. The van der Waals surface area contributed by atoms with Crippen LogP contribution in [0.5, 0.6) is 5.75 Å². The predicted octanol–water partition coefficient (Wildman–Crippen LogP) is 2.30. The van der Waals surface area contributed by atoms with Crippen LogP contribution in [0.25, 0.3) is 0 Å². The Labute approximate surface area is 132 Å². The number of benzene rings is 1. The number of carbonyl (C=O) groups excluding carboxylic acids is 1. The van der Waals surface area contributed by atoms with Crippen molar-refractivity contribution in [3.8, 4) is 5.75 Å². The van der Waals surface area contributed by atoms with Crippen molar-refractivity contribution < 1.29 is 22.7 Å². The normalized spacial score (nSPS) is 23.9. The Morgan fingerprint density at radius 1 is 1.23 bits per heavy atom. The maximum atomic E-state index is 12.4. The third-order valence-corrected chi connectivity index (χ3v) is 3.99. The summed E-state index contributed by atoms with van der Waals surface area (Å²) in [4.78, 5) is 14.1. The lowest BCUT2D eigenvalue weighted by Gasteiger charge is -2.18. The minimum absolute atomic E-state index is 0. The molecule has 2 heterocycles. The van der Waals surface area contributed by atoms with E-state index in [1.54, 1.807) is 4.90 Å². The predicted molar refractivity (Wildman–Crippen MR) is 76.1 cm³/mol. The maximum absolute atomic E-state index is 12.4. The molecule has 0 saturated carbocycles. The van der Waals surface area contributed by atoms with Crippen LogP contribution in [-0.4, -0.2) is 43.3 Å². The second-order valence-electron chi connectivity index (χ2n) is 5.46. The second-order valence-corrected chi connectivity index (χ2v) is 5.46. The quantitative estimate of drug-likeness (QED) is 0.901. The van der Waals surface area contributed by atoms with Crippen molar-refractivity contribution >= 4 is 18.3 Å². The summed E-state index contributed by atoms with van der Waals surface area (Å²) >= 11 is 0. The number of amides is 1. The third kappa shape index (κ3) is 3.64. The highest BCUT2D eigenvalue weighted by Gasteiger charge is 2.38. The first-order valence-corrected chi connectivity index (χ1v) is 6.78. The number of hydrogen-bond acceptors (Lipinski definition) is 3. The number of ether oxygens (including phenoxy) is 1. The first-order chi connectivity index (χ1) is 9.92. The summed E-state index contributed by atoms with van der Waals surface area (Å²) in [5.74, 6) is 0.290. The fraction of sp³-hybridized carbons (Fsp3) is 0.500. The number of hydrogen-bond donors (Lipinski definition) is 1. The zero-order valence-electron chi connectivity index (χ0n) is 11.6. The number of nitrogens with one attached hydrogen (secondary N) is 1. The zero-order valence-corrected chi connectivity index (χ0v) is 12.4. The summed E-state index contributed by atoms with van der Waals surface area (Å²) in [6.45, 7) is 3.10. The van der Waals surface area contributed by atoms with Crippen LogP contribution in [0.2, 0.25) is 0 Å². The Hall–Kier alpha value is -1.47. The molecule has 0 unspecified atom stereocenters. The molecular formula is C14H16ClF3N2O2. The summed E-state index contributed by atoms with van der Waals surface area (Å²) in [6.07, 6.45) is -4.75. The minimum atomic E-state index is -4.75. The smallest absolute Gasteiger partial charge is 0.406 e. The van der Waals surface area contributed by atoms with Gasteiger partial charge in [0.15, 0.2) is 0 Å². The van der Waals surface area contributed by atoms with Crippen LogP contribution in [0.3, 0.4) is 0 Å². The Bertz CT molecular complexity index is 541. The van der Waals surface area contributed by atoms with E-state index in [4.69, 9.17) is 0 Å². The van der Waals surface area contributed by atoms with Gasteiger partial charge in [-0.25, -0.2) is 0 Å². The molecule has 1 amide bonds. The summed E-state index contributed by atoms with van der Waals surface area (Å²) < 4.78 is 40.5. The highest BCUT2D eigenvalue weighted by atomic mass is 35.5. The summed E-state index contributed by atoms with van der Waals surface area (Å²) in [5, 5.41) is 3.28. The second kappa shape index (κ2) is 6.34. The zero-order chi connectivity index (χ0) is 15.0. The lowest BCUT2D eigenvalue weighted by molar-refractivity contribution is -0.274. The average molecular weight is 337 g/mol. The highest BCUT2D eigenvalue weighted by molar-refractivity contribution is 5.94. The van der Waals surface area contributed by atoms with E-state index in [0.29, 0.717) is 24.9 Å². The molecule has 8 heteroatoms. The van der Waals surface area contributed by atoms with Crippen molar-refractivity contribution in [3.05, 3.63) is 29.8 Å². The van der Waals surface area contributed by atoms with Crippen LogP contribution in [0, 0.1) is 11.8 Å². The Kier molecular flexibility index (Phi) is 4.87. The lowest BCUT2D eigenvalue weighted by atomic mass is 10.0. The molecular weight excluding hydrogens is 321 g/mol. The molecule has 2 saturated heterocycles. The average Bonchev–Trinajstić information content (AvgIpc) is 2.96. The molecule has 0 bridgehead atoms. The number of carbonyl (C=O) groups is 1. The van der Waals surface area contributed by atoms with E-state index in [0.717, 1.165) is 19.2 Å². The van der Waals surface area contributed by atoms with Crippen molar-refractivity contribution in [3.63, 3.8) is 0 Å². The standard InChI is InChI=1S/C14H15F3N2O2.ClH/c15-14(16,17)21-12-3-1-2-9(4-12)13(20)19-7-10-5-18-6-11(10)8-19;/h1-4,10-11,18H,5-8H2;1H/t10-,11+;. The van der Waals surface area contributed by atoms with Crippen LogP contribution in [-0.2, 0) is 0 Å². The van der Waals surface area contributed by atoms with E-state index in [-0.39, 0.29) is 29.6 Å². The van der Waals surface area contributed by atoms with Crippen LogP contribution < -0.4 is 10.1 Å². The molecule has 2 atom stereocenters. The van der Waals surface area contributed by atoms with Crippen LogP contribution >= 0.6 is 12.4 Å². The van der Waals surface area contributed by atoms with Crippen molar-refractivity contribution in [2.45, 2.75) is 6.36 Å². The van der Waals surface area contributed by atoms with E-state index in [1.165, 1.54) is 18.2 Å². The van der Waals surface area contributed by atoms with Crippen LogP contribution in [0.15, 0.2) is 24.3 Å². The summed E-state index contributed by atoms with van der Waals surface area (Å²) in [6, 6.07) is 5.24. The number of rotatable bonds is 2. The molecule has 22 heavy (non-hydrogen) atoms. The van der Waals surface area contributed by atoms with Crippen LogP contribution in [0.4, 0.5) is 13.2 Å². The van der Waals surface area contributed by atoms with E-state index in [2.05, 4.69) is 10.1 Å². The van der Waals surface area contributed by atoms with Gasteiger partial charge in [0.2, 0.25) is 0 Å².